The van der Waals surface area contributed by atoms with Crippen LogP contribution in [-0.2, 0) is 0 Å². The van der Waals surface area contributed by atoms with Crippen molar-refractivity contribution in [2.45, 2.75) is 6.92 Å². The second kappa shape index (κ2) is 11.2. The summed E-state index contributed by atoms with van der Waals surface area (Å²) in [6.45, 7) is 5.91. The predicted octanol–water partition coefficient (Wildman–Crippen LogP) is 5.00. The first-order valence-corrected chi connectivity index (χ1v) is 12.5. The Morgan fingerprint density at radius 3 is 2.34 bits per heavy atom. The monoisotopic (exact) mass is 510 g/mol. The van der Waals surface area contributed by atoms with Gasteiger partial charge in [0.25, 0.3) is 5.91 Å². The van der Waals surface area contributed by atoms with Crippen LogP contribution in [0.3, 0.4) is 0 Å². The Hall–Kier alpha value is -4.63. The van der Waals surface area contributed by atoms with Crippen LogP contribution in [0.2, 0.25) is 0 Å². The van der Waals surface area contributed by atoms with Crippen LogP contribution in [0.25, 0.3) is 11.3 Å². The molecule has 1 fully saturated rings. The van der Waals surface area contributed by atoms with Gasteiger partial charge in [0, 0.05) is 54.7 Å². The van der Waals surface area contributed by atoms with Gasteiger partial charge in [0.05, 0.1) is 5.69 Å². The van der Waals surface area contributed by atoms with Gasteiger partial charge in [0.1, 0.15) is 5.75 Å². The van der Waals surface area contributed by atoms with Gasteiger partial charge >= 0.3 is 6.09 Å². The molecule has 1 saturated heterocycles. The van der Waals surface area contributed by atoms with Crippen LogP contribution in [0.4, 0.5) is 22.0 Å². The molecule has 0 atom stereocenters. The van der Waals surface area contributed by atoms with E-state index in [0.29, 0.717) is 22.8 Å². The summed E-state index contributed by atoms with van der Waals surface area (Å²) in [5.74, 6) is 0.678. The van der Waals surface area contributed by atoms with Crippen LogP contribution < -0.4 is 20.3 Å². The lowest BCUT2D eigenvalue weighted by molar-refractivity contribution is 0.102. The molecular formula is C29H30N6O3. The SMILES string of the molecule is Cc1cc(-c2cc(NC(=O)c3ccc(N4CCN(C)CC4)cc3)n[nH]2)ccc1NC(=O)Oc1ccccc1. The fourth-order valence-electron chi connectivity index (χ4n) is 4.31. The van der Waals surface area contributed by atoms with Gasteiger partial charge < -0.3 is 19.9 Å². The topological polar surface area (TPSA) is 103 Å². The number of benzene rings is 3. The van der Waals surface area contributed by atoms with Crippen LogP contribution in [0, 0.1) is 6.92 Å². The largest absolute Gasteiger partial charge is 0.417 e. The Kier molecular flexibility index (Phi) is 7.37. The standard InChI is InChI=1S/C29H30N6O3/c1-20-18-22(10-13-25(20)30-29(37)38-24-6-4-3-5-7-24)26-19-27(33-32-26)31-28(36)21-8-11-23(12-9-21)35-16-14-34(2)15-17-35/h3-13,18-19H,14-17H2,1-2H3,(H,30,37)(H2,31,32,33,36). The molecule has 1 aliphatic rings. The van der Waals surface area contributed by atoms with E-state index in [-0.39, 0.29) is 5.91 Å². The molecule has 194 valence electrons. The minimum Gasteiger partial charge on any atom is -0.410 e. The van der Waals surface area contributed by atoms with Crippen molar-refractivity contribution < 1.29 is 14.3 Å². The number of nitrogens with one attached hydrogen (secondary N) is 3. The first-order chi connectivity index (χ1) is 18.4. The molecule has 9 nitrogen and oxygen atoms in total. The van der Waals surface area contributed by atoms with Crippen LogP contribution >= 0.6 is 0 Å². The molecule has 0 unspecified atom stereocenters. The number of aromatic amines is 1. The Morgan fingerprint density at radius 2 is 1.63 bits per heavy atom. The molecule has 9 heteroatoms. The molecule has 3 aromatic carbocycles. The average Bonchev–Trinajstić information content (AvgIpc) is 3.39. The molecule has 38 heavy (non-hydrogen) atoms. The van der Waals surface area contributed by atoms with Gasteiger partial charge in [-0.1, -0.05) is 24.3 Å². The number of H-pyrrole nitrogens is 1. The number of hydrogen-bond donors (Lipinski definition) is 3. The van der Waals surface area contributed by atoms with Crippen molar-refractivity contribution >= 4 is 29.2 Å². The smallest absolute Gasteiger partial charge is 0.410 e. The van der Waals surface area contributed by atoms with Crippen LogP contribution in [0.5, 0.6) is 5.75 Å². The third-order valence-corrected chi connectivity index (χ3v) is 6.55. The normalized spacial score (nSPS) is 13.7. The molecule has 1 aliphatic heterocycles. The molecule has 0 radical (unpaired) electrons. The van der Waals surface area contributed by atoms with Crippen molar-refractivity contribution in [1.29, 1.82) is 0 Å². The van der Waals surface area contributed by atoms with E-state index >= 15 is 0 Å². The van der Waals surface area contributed by atoms with Crippen LogP contribution in [0.1, 0.15) is 15.9 Å². The number of para-hydroxylation sites is 1. The first-order valence-electron chi connectivity index (χ1n) is 12.5. The Bertz CT molecular complexity index is 1410. The lowest BCUT2D eigenvalue weighted by atomic mass is 10.1. The molecule has 0 aliphatic carbocycles. The van der Waals surface area contributed by atoms with Gasteiger partial charge in [-0.15, -0.1) is 0 Å². The van der Waals surface area contributed by atoms with E-state index in [1.807, 2.05) is 49.4 Å². The van der Waals surface area contributed by atoms with Crippen molar-refractivity contribution in [2.24, 2.45) is 0 Å². The number of piperazine rings is 1. The number of amides is 2. The molecule has 4 aromatic rings. The number of likely N-dealkylation sites (N-methyl/N-ethyl adjacent to an activating group) is 1. The molecule has 0 spiro atoms. The fourth-order valence-corrected chi connectivity index (χ4v) is 4.31. The van der Waals surface area contributed by atoms with Crippen molar-refractivity contribution in [2.75, 3.05) is 48.8 Å². The third kappa shape index (κ3) is 6.01. The van der Waals surface area contributed by atoms with Crippen molar-refractivity contribution in [1.82, 2.24) is 15.1 Å². The summed E-state index contributed by atoms with van der Waals surface area (Å²) in [5.41, 5.74) is 4.80. The molecule has 2 amide bonds. The Labute approximate surface area is 221 Å². The summed E-state index contributed by atoms with van der Waals surface area (Å²) in [7, 11) is 2.13. The maximum atomic E-state index is 12.8. The average molecular weight is 511 g/mol. The van der Waals surface area contributed by atoms with E-state index in [1.165, 1.54) is 0 Å². The lowest BCUT2D eigenvalue weighted by Gasteiger charge is -2.34. The van der Waals surface area contributed by atoms with Gasteiger partial charge in [-0.3, -0.25) is 15.2 Å². The van der Waals surface area contributed by atoms with Gasteiger partial charge in [0.15, 0.2) is 5.82 Å². The second-order valence-electron chi connectivity index (χ2n) is 9.32. The number of nitrogens with zero attached hydrogens (tertiary/aromatic N) is 3. The minimum atomic E-state index is -0.560. The minimum absolute atomic E-state index is 0.222. The highest BCUT2D eigenvalue weighted by Crippen LogP contribution is 2.26. The highest BCUT2D eigenvalue weighted by Gasteiger charge is 2.16. The molecule has 1 aromatic heterocycles. The third-order valence-electron chi connectivity index (χ3n) is 6.55. The second-order valence-corrected chi connectivity index (χ2v) is 9.32. The van der Waals surface area contributed by atoms with Gasteiger partial charge in [-0.05, 0) is 68.1 Å². The summed E-state index contributed by atoms with van der Waals surface area (Å²) < 4.78 is 5.30. The molecule has 0 bridgehead atoms. The summed E-state index contributed by atoms with van der Waals surface area (Å²) in [4.78, 5) is 29.7. The molecular weight excluding hydrogens is 480 g/mol. The van der Waals surface area contributed by atoms with E-state index in [2.05, 4.69) is 37.7 Å². The van der Waals surface area contributed by atoms with E-state index in [1.54, 1.807) is 36.4 Å². The van der Waals surface area contributed by atoms with Crippen LogP contribution in [0.15, 0.2) is 78.9 Å². The number of carbonyl (C=O) groups is 2. The Balaban J connectivity index is 1.19. The first kappa shape index (κ1) is 25.0. The zero-order valence-corrected chi connectivity index (χ0v) is 21.4. The summed E-state index contributed by atoms with van der Waals surface area (Å²) in [5, 5.41) is 12.8. The van der Waals surface area contributed by atoms with Gasteiger partial charge in [-0.25, -0.2) is 4.79 Å². The number of hydrogen-bond acceptors (Lipinski definition) is 6. The van der Waals surface area contributed by atoms with E-state index in [9.17, 15) is 9.59 Å². The van der Waals surface area contributed by atoms with E-state index in [0.717, 1.165) is 48.7 Å². The molecule has 5 rings (SSSR count). The number of aromatic nitrogens is 2. The van der Waals surface area contributed by atoms with Gasteiger partial charge in [0.2, 0.25) is 0 Å². The molecule has 0 saturated carbocycles. The summed E-state index contributed by atoms with van der Waals surface area (Å²) in [6.07, 6.45) is -0.560. The van der Waals surface area contributed by atoms with Crippen molar-refractivity contribution in [3.8, 4) is 17.0 Å². The number of anilines is 3. The van der Waals surface area contributed by atoms with Crippen molar-refractivity contribution in [3.63, 3.8) is 0 Å². The molecule has 3 N–H and O–H groups in total. The highest BCUT2D eigenvalue weighted by molar-refractivity contribution is 6.04. The zero-order chi connectivity index (χ0) is 26.5. The summed E-state index contributed by atoms with van der Waals surface area (Å²) >= 11 is 0. The number of aryl methyl sites for hydroxylation is 1. The number of rotatable bonds is 6. The zero-order valence-electron chi connectivity index (χ0n) is 21.4. The quantitative estimate of drug-likeness (QED) is 0.337. The summed E-state index contributed by atoms with van der Waals surface area (Å²) in [6, 6.07) is 23.9. The highest BCUT2D eigenvalue weighted by atomic mass is 16.6. The maximum Gasteiger partial charge on any atom is 0.417 e. The van der Waals surface area contributed by atoms with E-state index in [4.69, 9.17) is 4.74 Å². The maximum absolute atomic E-state index is 12.8. The van der Waals surface area contributed by atoms with E-state index < -0.39 is 6.09 Å². The van der Waals surface area contributed by atoms with Crippen molar-refractivity contribution in [3.05, 3.63) is 90.0 Å². The Morgan fingerprint density at radius 1 is 0.895 bits per heavy atom. The van der Waals surface area contributed by atoms with Crippen LogP contribution in [-0.4, -0.2) is 60.3 Å². The molecule has 2 heterocycles. The number of carbonyl (C=O) groups excluding carboxylic acids is 2. The fraction of sp³-hybridized carbons (Fsp3) is 0.207. The van der Waals surface area contributed by atoms with Gasteiger partial charge in [-0.2, -0.15) is 5.10 Å². The predicted molar refractivity (Wildman–Crippen MR) is 149 cm³/mol. The number of ether oxygens (including phenoxy) is 1. The lowest BCUT2D eigenvalue weighted by Crippen LogP contribution is -2.44.